The number of hydrogen-bond acceptors (Lipinski definition) is 1. The molecule has 10 rings (SSSR count). The Morgan fingerprint density at radius 2 is 0.732 bits per heavy atom. The number of anilines is 3. The van der Waals surface area contributed by atoms with Gasteiger partial charge in [-0.1, -0.05) is 208 Å². The molecule has 0 aliphatic heterocycles. The molecule has 0 saturated heterocycles. The van der Waals surface area contributed by atoms with E-state index in [1.165, 1.54) is 83.2 Å². The van der Waals surface area contributed by atoms with Gasteiger partial charge < -0.3 is 4.90 Å². The van der Waals surface area contributed by atoms with Gasteiger partial charge in [-0.3, -0.25) is 0 Å². The first-order valence-corrected chi connectivity index (χ1v) is 19.5. The lowest BCUT2D eigenvalue weighted by Gasteiger charge is -2.32. The Morgan fingerprint density at radius 3 is 1.41 bits per heavy atom. The van der Waals surface area contributed by atoms with Crippen LogP contribution in [-0.4, -0.2) is 0 Å². The molecule has 9 aromatic rings. The molecule has 0 unspecified atom stereocenters. The zero-order chi connectivity index (χ0) is 37.6. The normalized spacial score (nSPS) is 12.6. The van der Waals surface area contributed by atoms with Gasteiger partial charge in [-0.2, -0.15) is 0 Å². The van der Waals surface area contributed by atoms with Gasteiger partial charge in [0, 0.05) is 22.1 Å². The van der Waals surface area contributed by atoms with Gasteiger partial charge in [-0.15, -0.1) is 0 Å². The summed E-state index contributed by atoms with van der Waals surface area (Å²) in [5.74, 6) is 0. The molecule has 0 aromatic heterocycles. The van der Waals surface area contributed by atoms with Gasteiger partial charge in [0.15, 0.2) is 0 Å². The monoisotopic (exact) mass is 715 g/mol. The van der Waals surface area contributed by atoms with Crippen LogP contribution in [0, 0.1) is 0 Å². The maximum atomic E-state index is 2.52. The minimum absolute atomic E-state index is 0.128. The lowest BCUT2D eigenvalue weighted by Crippen LogP contribution is -2.16. The standard InChI is InChI=1S/C55H41N/c1-55(2)49-25-11-8-23-48(49)54-50(55)26-15-29-53(54)56(51-27-12-9-21-46(51)42-32-30-39(31-33-42)38-16-4-3-5-17-38)52-28-13-10-22-47(52)43-36-34-41(35-37-43)45-24-14-19-40-18-6-7-20-44(40)45/h3-37H,1-2H3. The lowest BCUT2D eigenvalue weighted by molar-refractivity contribution is 0.660. The quantitative estimate of drug-likeness (QED) is 0.159. The summed E-state index contributed by atoms with van der Waals surface area (Å²) in [6, 6.07) is 77.6. The number of rotatable bonds is 7. The van der Waals surface area contributed by atoms with Crippen molar-refractivity contribution < 1.29 is 0 Å². The molecule has 1 aliphatic carbocycles. The number of hydrogen-bond donors (Lipinski definition) is 0. The van der Waals surface area contributed by atoms with Crippen molar-refractivity contribution in [1.29, 1.82) is 0 Å². The van der Waals surface area contributed by atoms with Crippen molar-refractivity contribution in [3.63, 3.8) is 0 Å². The zero-order valence-electron chi connectivity index (χ0n) is 31.7. The Balaban J connectivity index is 1.17. The van der Waals surface area contributed by atoms with Crippen LogP contribution in [0.2, 0.25) is 0 Å². The molecule has 9 aromatic carbocycles. The highest BCUT2D eigenvalue weighted by Crippen LogP contribution is 2.55. The summed E-state index contributed by atoms with van der Waals surface area (Å²) in [5, 5.41) is 2.52. The third kappa shape index (κ3) is 5.63. The van der Waals surface area contributed by atoms with Crippen LogP contribution in [0.3, 0.4) is 0 Å². The van der Waals surface area contributed by atoms with Crippen LogP contribution in [0.4, 0.5) is 17.1 Å². The smallest absolute Gasteiger partial charge is 0.0543 e. The number of benzene rings is 9. The van der Waals surface area contributed by atoms with E-state index in [4.69, 9.17) is 0 Å². The molecular formula is C55H41N. The van der Waals surface area contributed by atoms with E-state index in [-0.39, 0.29) is 5.41 Å². The van der Waals surface area contributed by atoms with Gasteiger partial charge in [0.25, 0.3) is 0 Å². The maximum Gasteiger partial charge on any atom is 0.0543 e. The fourth-order valence-corrected chi connectivity index (χ4v) is 8.92. The average Bonchev–Trinajstić information content (AvgIpc) is 3.50. The van der Waals surface area contributed by atoms with E-state index in [0.717, 1.165) is 11.4 Å². The van der Waals surface area contributed by atoms with E-state index in [0.29, 0.717) is 0 Å². The largest absolute Gasteiger partial charge is 0.309 e. The summed E-state index contributed by atoms with van der Waals surface area (Å²) in [5.41, 5.74) is 18.2. The Bertz CT molecular complexity index is 2860. The van der Waals surface area contributed by atoms with Crippen molar-refractivity contribution in [3.05, 3.63) is 223 Å². The van der Waals surface area contributed by atoms with Crippen LogP contribution in [0.25, 0.3) is 66.4 Å². The minimum Gasteiger partial charge on any atom is -0.309 e. The van der Waals surface area contributed by atoms with Gasteiger partial charge >= 0.3 is 0 Å². The van der Waals surface area contributed by atoms with Crippen molar-refractivity contribution in [3.8, 4) is 55.6 Å². The molecule has 0 radical (unpaired) electrons. The van der Waals surface area contributed by atoms with Crippen LogP contribution in [-0.2, 0) is 5.41 Å². The van der Waals surface area contributed by atoms with E-state index in [1.54, 1.807) is 0 Å². The first-order chi connectivity index (χ1) is 27.6. The maximum absolute atomic E-state index is 2.52. The first-order valence-electron chi connectivity index (χ1n) is 19.5. The zero-order valence-corrected chi connectivity index (χ0v) is 31.7. The molecule has 0 N–H and O–H groups in total. The minimum atomic E-state index is -0.128. The summed E-state index contributed by atoms with van der Waals surface area (Å²) in [6.45, 7) is 4.72. The van der Waals surface area contributed by atoms with Crippen LogP contribution >= 0.6 is 0 Å². The molecular weight excluding hydrogens is 675 g/mol. The highest BCUT2D eigenvalue weighted by molar-refractivity contribution is 6.01. The van der Waals surface area contributed by atoms with E-state index in [1.807, 2.05) is 0 Å². The van der Waals surface area contributed by atoms with Gasteiger partial charge in [0.05, 0.1) is 17.1 Å². The van der Waals surface area contributed by atoms with E-state index in [2.05, 4.69) is 231 Å². The van der Waals surface area contributed by atoms with Crippen LogP contribution in [0.5, 0.6) is 0 Å². The second kappa shape index (κ2) is 13.7. The molecule has 1 heteroatoms. The number of nitrogens with zero attached hydrogens (tertiary/aromatic N) is 1. The lowest BCUT2D eigenvalue weighted by atomic mass is 9.82. The second-order valence-corrected chi connectivity index (χ2v) is 15.3. The van der Waals surface area contributed by atoms with Gasteiger partial charge in [-0.05, 0) is 79.0 Å². The molecule has 266 valence electrons. The van der Waals surface area contributed by atoms with Crippen molar-refractivity contribution in [2.45, 2.75) is 19.3 Å². The Hall–Kier alpha value is -6.96. The third-order valence-corrected chi connectivity index (χ3v) is 11.7. The molecule has 1 aliphatic rings. The molecule has 1 nitrogen and oxygen atoms in total. The highest BCUT2D eigenvalue weighted by atomic mass is 15.2. The summed E-state index contributed by atoms with van der Waals surface area (Å²) in [4.78, 5) is 2.52. The van der Waals surface area contributed by atoms with E-state index in [9.17, 15) is 0 Å². The predicted octanol–water partition coefficient (Wildman–Crippen LogP) is 15.3. The average molecular weight is 716 g/mol. The molecule has 0 fully saturated rings. The topological polar surface area (TPSA) is 3.24 Å². The third-order valence-electron chi connectivity index (χ3n) is 11.7. The van der Waals surface area contributed by atoms with Crippen molar-refractivity contribution in [2.24, 2.45) is 0 Å². The Morgan fingerprint density at radius 1 is 0.304 bits per heavy atom. The molecule has 0 saturated carbocycles. The summed E-state index contributed by atoms with van der Waals surface area (Å²) >= 11 is 0. The summed E-state index contributed by atoms with van der Waals surface area (Å²) in [6.07, 6.45) is 0. The van der Waals surface area contributed by atoms with Gasteiger partial charge in [0.2, 0.25) is 0 Å². The van der Waals surface area contributed by atoms with Gasteiger partial charge in [0.1, 0.15) is 0 Å². The van der Waals surface area contributed by atoms with E-state index < -0.39 is 0 Å². The highest BCUT2D eigenvalue weighted by Gasteiger charge is 2.38. The molecule has 56 heavy (non-hydrogen) atoms. The fourth-order valence-electron chi connectivity index (χ4n) is 8.92. The van der Waals surface area contributed by atoms with Crippen molar-refractivity contribution in [1.82, 2.24) is 0 Å². The molecule has 0 atom stereocenters. The van der Waals surface area contributed by atoms with Crippen molar-refractivity contribution >= 4 is 27.8 Å². The SMILES string of the molecule is CC1(C)c2ccccc2-c2c(N(c3ccccc3-c3ccc(-c4ccccc4)cc3)c3ccccc3-c3ccc(-c4cccc5ccccc45)cc3)cccc21. The molecule has 0 bridgehead atoms. The van der Waals surface area contributed by atoms with Crippen LogP contribution in [0.15, 0.2) is 212 Å². The number of para-hydroxylation sites is 2. The summed E-state index contributed by atoms with van der Waals surface area (Å²) in [7, 11) is 0. The van der Waals surface area contributed by atoms with Crippen LogP contribution in [0.1, 0.15) is 25.0 Å². The summed E-state index contributed by atoms with van der Waals surface area (Å²) < 4.78 is 0. The Labute approximate surface area is 329 Å². The first kappa shape index (κ1) is 33.6. The predicted molar refractivity (Wildman–Crippen MR) is 238 cm³/mol. The van der Waals surface area contributed by atoms with E-state index >= 15 is 0 Å². The molecule has 0 heterocycles. The number of fused-ring (bicyclic) bond motifs is 4. The fraction of sp³-hybridized carbons (Fsp3) is 0.0545. The molecule has 0 spiro atoms. The van der Waals surface area contributed by atoms with Crippen molar-refractivity contribution in [2.75, 3.05) is 4.90 Å². The second-order valence-electron chi connectivity index (χ2n) is 15.3. The van der Waals surface area contributed by atoms with Crippen LogP contribution < -0.4 is 4.90 Å². The molecule has 0 amide bonds. The Kier molecular flexibility index (Phi) is 8.23. The van der Waals surface area contributed by atoms with Gasteiger partial charge in [-0.25, -0.2) is 0 Å².